The number of aromatic nitrogens is 1. The van der Waals surface area contributed by atoms with Gasteiger partial charge in [0.15, 0.2) is 0 Å². The van der Waals surface area contributed by atoms with Crippen molar-refractivity contribution in [3.8, 4) is 5.88 Å². The lowest BCUT2D eigenvalue weighted by Gasteiger charge is -2.09. The van der Waals surface area contributed by atoms with Crippen LogP contribution in [0.15, 0.2) is 34.9 Å². The van der Waals surface area contributed by atoms with Crippen LogP contribution in [0.4, 0.5) is 0 Å². The quantitative estimate of drug-likeness (QED) is 0.865. The summed E-state index contributed by atoms with van der Waals surface area (Å²) in [6, 6.07) is 8.45. The van der Waals surface area contributed by atoms with Gasteiger partial charge in [0.1, 0.15) is 12.4 Å². The molecule has 0 saturated heterocycles. The second kappa shape index (κ2) is 5.45. The molecule has 1 saturated carbocycles. The van der Waals surface area contributed by atoms with E-state index >= 15 is 0 Å². The standard InChI is InChI=1S/C15H18N2O2/c1-11-12(9-16-13-5-6-13)4-7-15(17-11)19-10-14-3-2-8-18-14/h2-4,7-8,13,16H,5-6,9-10H2,1H3. The van der Waals surface area contributed by atoms with Crippen molar-refractivity contribution in [1.29, 1.82) is 0 Å². The molecular formula is C15H18N2O2. The van der Waals surface area contributed by atoms with Gasteiger partial charge in [-0.25, -0.2) is 4.98 Å². The van der Waals surface area contributed by atoms with Gasteiger partial charge in [0.25, 0.3) is 0 Å². The average molecular weight is 258 g/mol. The fourth-order valence-electron chi connectivity index (χ4n) is 1.92. The lowest BCUT2D eigenvalue weighted by Crippen LogP contribution is -2.16. The molecule has 0 aromatic carbocycles. The summed E-state index contributed by atoms with van der Waals surface area (Å²) in [6.45, 7) is 3.32. The minimum absolute atomic E-state index is 0.416. The largest absolute Gasteiger partial charge is 0.469 e. The van der Waals surface area contributed by atoms with Gasteiger partial charge in [-0.2, -0.15) is 0 Å². The molecule has 1 fully saturated rings. The van der Waals surface area contributed by atoms with Crippen LogP contribution in [-0.2, 0) is 13.2 Å². The molecule has 1 N–H and O–H groups in total. The Morgan fingerprint density at radius 3 is 2.95 bits per heavy atom. The molecule has 0 radical (unpaired) electrons. The molecule has 1 aliphatic rings. The molecule has 0 aliphatic heterocycles. The van der Waals surface area contributed by atoms with E-state index in [1.165, 1.54) is 18.4 Å². The summed E-state index contributed by atoms with van der Waals surface area (Å²) < 4.78 is 10.8. The Kier molecular flexibility index (Phi) is 3.51. The van der Waals surface area contributed by atoms with E-state index < -0.39 is 0 Å². The molecule has 0 bridgehead atoms. The Morgan fingerprint density at radius 1 is 1.37 bits per heavy atom. The van der Waals surface area contributed by atoms with E-state index in [9.17, 15) is 0 Å². The van der Waals surface area contributed by atoms with Crippen molar-refractivity contribution >= 4 is 0 Å². The highest BCUT2D eigenvalue weighted by molar-refractivity contribution is 5.25. The van der Waals surface area contributed by atoms with Crippen molar-refractivity contribution < 1.29 is 9.15 Å². The normalized spacial score (nSPS) is 14.6. The van der Waals surface area contributed by atoms with Crippen LogP contribution in [0.1, 0.15) is 29.9 Å². The third kappa shape index (κ3) is 3.35. The second-order valence-corrected chi connectivity index (χ2v) is 4.92. The molecule has 100 valence electrons. The first-order valence-electron chi connectivity index (χ1n) is 6.66. The third-order valence-corrected chi connectivity index (χ3v) is 3.27. The summed E-state index contributed by atoms with van der Waals surface area (Å²) in [5, 5.41) is 3.49. The monoisotopic (exact) mass is 258 g/mol. The predicted octanol–water partition coefficient (Wildman–Crippen LogP) is 2.81. The number of ether oxygens (including phenoxy) is 1. The number of nitrogens with one attached hydrogen (secondary N) is 1. The second-order valence-electron chi connectivity index (χ2n) is 4.92. The average Bonchev–Trinajstić information content (AvgIpc) is 3.09. The number of rotatable bonds is 6. The highest BCUT2D eigenvalue weighted by atomic mass is 16.5. The molecule has 0 unspecified atom stereocenters. The molecule has 4 nitrogen and oxygen atoms in total. The van der Waals surface area contributed by atoms with Gasteiger partial charge in [0, 0.05) is 24.3 Å². The maximum absolute atomic E-state index is 5.60. The van der Waals surface area contributed by atoms with E-state index in [1.807, 2.05) is 25.1 Å². The molecule has 2 aromatic rings. The fraction of sp³-hybridized carbons (Fsp3) is 0.400. The van der Waals surface area contributed by atoms with Crippen molar-refractivity contribution in [3.63, 3.8) is 0 Å². The van der Waals surface area contributed by atoms with Gasteiger partial charge < -0.3 is 14.5 Å². The number of pyridine rings is 1. The van der Waals surface area contributed by atoms with Gasteiger partial charge in [-0.15, -0.1) is 0 Å². The van der Waals surface area contributed by atoms with E-state index in [2.05, 4.69) is 16.4 Å². The molecular weight excluding hydrogens is 240 g/mol. The summed E-state index contributed by atoms with van der Waals surface area (Å²) >= 11 is 0. The molecule has 1 aliphatic carbocycles. The first-order valence-corrected chi connectivity index (χ1v) is 6.66. The molecule has 4 heteroatoms. The maximum atomic E-state index is 5.60. The molecule has 19 heavy (non-hydrogen) atoms. The summed E-state index contributed by atoms with van der Waals surface area (Å²) in [5.41, 5.74) is 2.25. The van der Waals surface area contributed by atoms with Crippen molar-refractivity contribution in [2.24, 2.45) is 0 Å². The van der Waals surface area contributed by atoms with E-state index in [-0.39, 0.29) is 0 Å². The minimum Gasteiger partial charge on any atom is -0.469 e. The van der Waals surface area contributed by atoms with Crippen molar-refractivity contribution in [1.82, 2.24) is 10.3 Å². The topological polar surface area (TPSA) is 47.3 Å². The lowest BCUT2D eigenvalue weighted by molar-refractivity contribution is 0.260. The van der Waals surface area contributed by atoms with Crippen molar-refractivity contribution in [3.05, 3.63) is 47.5 Å². The minimum atomic E-state index is 0.416. The molecule has 0 amide bonds. The summed E-state index contributed by atoms with van der Waals surface area (Å²) in [7, 11) is 0. The number of nitrogens with zero attached hydrogens (tertiary/aromatic N) is 1. The number of aryl methyl sites for hydroxylation is 1. The zero-order valence-corrected chi connectivity index (χ0v) is 11.1. The highest BCUT2D eigenvalue weighted by Gasteiger charge is 2.20. The Hall–Kier alpha value is -1.81. The van der Waals surface area contributed by atoms with E-state index in [0.29, 0.717) is 18.5 Å². The first kappa shape index (κ1) is 12.2. The van der Waals surface area contributed by atoms with Gasteiger partial charge >= 0.3 is 0 Å². The highest BCUT2D eigenvalue weighted by Crippen LogP contribution is 2.20. The fourth-order valence-corrected chi connectivity index (χ4v) is 1.92. The predicted molar refractivity (Wildman–Crippen MR) is 71.9 cm³/mol. The zero-order chi connectivity index (χ0) is 13.1. The van der Waals surface area contributed by atoms with Crippen LogP contribution in [0.5, 0.6) is 5.88 Å². The van der Waals surface area contributed by atoms with Crippen molar-refractivity contribution in [2.45, 2.75) is 39.0 Å². The Morgan fingerprint density at radius 2 is 2.26 bits per heavy atom. The van der Waals surface area contributed by atoms with Crippen LogP contribution in [0.3, 0.4) is 0 Å². The van der Waals surface area contributed by atoms with Crippen LogP contribution < -0.4 is 10.1 Å². The van der Waals surface area contributed by atoms with Gasteiger partial charge in [0.05, 0.1) is 6.26 Å². The molecule has 2 aromatic heterocycles. The van der Waals surface area contributed by atoms with E-state index in [0.717, 1.165) is 18.0 Å². The Bertz CT molecular complexity index is 533. The SMILES string of the molecule is Cc1nc(OCc2ccco2)ccc1CNC1CC1. The van der Waals surface area contributed by atoms with Crippen LogP contribution in [0.2, 0.25) is 0 Å². The first-order chi connectivity index (χ1) is 9.31. The van der Waals surface area contributed by atoms with E-state index in [1.54, 1.807) is 6.26 Å². The van der Waals surface area contributed by atoms with Crippen LogP contribution >= 0.6 is 0 Å². The van der Waals surface area contributed by atoms with Gasteiger partial charge in [-0.1, -0.05) is 6.07 Å². The Balaban J connectivity index is 1.58. The summed E-state index contributed by atoms with van der Waals surface area (Å²) in [5.74, 6) is 1.45. The van der Waals surface area contributed by atoms with Crippen LogP contribution in [0.25, 0.3) is 0 Å². The van der Waals surface area contributed by atoms with E-state index in [4.69, 9.17) is 9.15 Å². The smallest absolute Gasteiger partial charge is 0.213 e. The zero-order valence-electron chi connectivity index (χ0n) is 11.1. The molecule has 2 heterocycles. The Labute approximate surface area is 112 Å². The summed E-state index contributed by atoms with van der Waals surface area (Å²) in [4.78, 5) is 4.47. The molecule has 3 rings (SSSR count). The summed E-state index contributed by atoms with van der Waals surface area (Å²) in [6.07, 6.45) is 4.25. The van der Waals surface area contributed by atoms with Gasteiger partial charge in [0.2, 0.25) is 5.88 Å². The number of hydrogen-bond donors (Lipinski definition) is 1. The van der Waals surface area contributed by atoms with Crippen LogP contribution in [0, 0.1) is 6.92 Å². The molecule has 0 atom stereocenters. The third-order valence-electron chi connectivity index (χ3n) is 3.27. The van der Waals surface area contributed by atoms with Gasteiger partial charge in [-0.05, 0) is 37.5 Å². The lowest BCUT2D eigenvalue weighted by atomic mass is 10.2. The molecule has 0 spiro atoms. The van der Waals surface area contributed by atoms with Crippen LogP contribution in [-0.4, -0.2) is 11.0 Å². The maximum Gasteiger partial charge on any atom is 0.213 e. The van der Waals surface area contributed by atoms with Crippen molar-refractivity contribution in [2.75, 3.05) is 0 Å². The van der Waals surface area contributed by atoms with Gasteiger partial charge in [-0.3, -0.25) is 0 Å². The number of hydrogen-bond acceptors (Lipinski definition) is 4. The number of furan rings is 1.